The topological polar surface area (TPSA) is 212 Å². The Labute approximate surface area is 341 Å². The highest BCUT2D eigenvalue weighted by atomic mass is 16.6. The predicted molar refractivity (Wildman–Crippen MR) is 212 cm³/mol. The van der Waals surface area contributed by atoms with Gasteiger partial charge >= 0.3 is 12.2 Å². The summed E-state index contributed by atoms with van der Waals surface area (Å²) in [5, 5.41) is 5.42. The van der Waals surface area contributed by atoms with Crippen LogP contribution in [0.4, 0.5) is 9.59 Å². The number of imidazole rings is 2. The Morgan fingerprint density at radius 2 is 1.39 bits per heavy atom. The van der Waals surface area contributed by atoms with E-state index in [2.05, 4.69) is 30.5 Å². The van der Waals surface area contributed by atoms with Crippen molar-refractivity contribution in [2.75, 3.05) is 60.3 Å². The first-order valence-electron chi connectivity index (χ1n) is 19.5. The molecule has 4 unspecified atom stereocenters. The number of aromatic amines is 2. The van der Waals surface area contributed by atoms with E-state index in [0.717, 1.165) is 23.1 Å². The number of nitrogens with one attached hydrogen (secondary N) is 4. The van der Waals surface area contributed by atoms with Crippen LogP contribution in [0.2, 0.25) is 0 Å². The molecular formula is C41H50N8O10. The zero-order valence-electron chi connectivity index (χ0n) is 33.9. The fourth-order valence-electron chi connectivity index (χ4n) is 7.42. The molecule has 3 amide bonds. The number of amides is 3. The van der Waals surface area contributed by atoms with E-state index in [1.807, 2.05) is 64.1 Å². The Balaban J connectivity index is 1.05. The standard InChI is InChI=1S/C41H50N8O10/c1-23(2)35(46-39(52)54-5)38(51)49-12-14-57-20-30(49)37-43-18-28(45-37)26-8-10-32-34(16-26)59-31-9-7-25(15-33(31)58-32)27-17-42-36(44-27)29-19-56-13-11-48(29)21-41(22-50,24(3)4)47-40(53)55-6/h7-10,15-18,22-24,29-30,35H,11-14,19-21H2,1-6H3,(H,42,44)(H,43,45)(H,46,52)(H,47,53). The van der Waals surface area contributed by atoms with Gasteiger partial charge in [0.15, 0.2) is 23.0 Å². The maximum Gasteiger partial charge on any atom is 0.407 e. The van der Waals surface area contributed by atoms with Gasteiger partial charge < -0.3 is 58.7 Å². The third-order valence-electron chi connectivity index (χ3n) is 11.0. The molecule has 2 aromatic heterocycles. The van der Waals surface area contributed by atoms with E-state index < -0.39 is 29.8 Å². The summed E-state index contributed by atoms with van der Waals surface area (Å²) in [6.07, 6.45) is 2.87. The van der Waals surface area contributed by atoms with Crippen LogP contribution in [0.1, 0.15) is 51.4 Å². The molecule has 314 valence electrons. The first-order valence-corrected chi connectivity index (χ1v) is 19.5. The molecule has 2 aromatic carbocycles. The molecule has 5 heterocycles. The van der Waals surface area contributed by atoms with E-state index >= 15 is 0 Å². The average Bonchev–Trinajstić information content (AvgIpc) is 3.95. The summed E-state index contributed by atoms with van der Waals surface area (Å²) in [5.74, 6) is 2.67. The molecule has 4 aromatic rings. The van der Waals surface area contributed by atoms with Crippen LogP contribution in [0.5, 0.6) is 23.0 Å². The van der Waals surface area contributed by atoms with E-state index in [0.29, 0.717) is 73.3 Å². The normalized spacial score (nSPS) is 19.4. The van der Waals surface area contributed by atoms with Gasteiger partial charge in [0.2, 0.25) is 5.91 Å². The minimum absolute atomic E-state index is 0.175. The van der Waals surface area contributed by atoms with Gasteiger partial charge in [0.1, 0.15) is 35.6 Å². The second-order valence-electron chi connectivity index (χ2n) is 15.4. The van der Waals surface area contributed by atoms with Crippen molar-refractivity contribution in [1.82, 2.24) is 40.4 Å². The van der Waals surface area contributed by atoms with Crippen molar-refractivity contribution in [2.45, 2.75) is 51.4 Å². The molecule has 3 aliphatic heterocycles. The zero-order chi connectivity index (χ0) is 41.8. The Morgan fingerprint density at radius 1 is 0.831 bits per heavy atom. The van der Waals surface area contributed by atoms with Crippen molar-refractivity contribution >= 4 is 24.4 Å². The van der Waals surface area contributed by atoms with Crippen LogP contribution in [0.15, 0.2) is 48.8 Å². The van der Waals surface area contributed by atoms with Crippen LogP contribution in [-0.2, 0) is 28.5 Å². The Bertz CT molecular complexity index is 2170. The first-order chi connectivity index (χ1) is 28.4. The largest absolute Gasteiger partial charge is 0.453 e. The summed E-state index contributed by atoms with van der Waals surface area (Å²) < 4.78 is 33.8. The van der Waals surface area contributed by atoms with Gasteiger partial charge in [-0.05, 0) is 48.2 Å². The number of morpholine rings is 2. The maximum absolute atomic E-state index is 13.7. The summed E-state index contributed by atoms with van der Waals surface area (Å²) in [4.78, 5) is 70.3. The lowest BCUT2D eigenvalue weighted by Gasteiger charge is -2.42. The number of rotatable bonds is 12. The number of benzene rings is 2. The highest BCUT2D eigenvalue weighted by molar-refractivity contribution is 5.86. The van der Waals surface area contributed by atoms with Crippen molar-refractivity contribution in [1.29, 1.82) is 0 Å². The van der Waals surface area contributed by atoms with Crippen molar-refractivity contribution in [3.63, 3.8) is 0 Å². The maximum atomic E-state index is 13.7. The minimum Gasteiger partial charge on any atom is -0.453 e. The SMILES string of the molecule is COC(=O)NC(C(=O)N1CCOCC1c1ncc(-c2ccc3c(c2)Oc2ccc(-c4cnc(C5COCCN5CC(C=O)(NC(=O)OC)C(C)C)[nH]4)cc2O3)[nH]1)C(C)C. The smallest absolute Gasteiger partial charge is 0.407 e. The van der Waals surface area contributed by atoms with Gasteiger partial charge in [-0.1, -0.05) is 27.7 Å². The molecule has 4 N–H and O–H groups in total. The van der Waals surface area contributed by atoms with Gasteiger partial charge in [0.25, 0.3) is 0 Å². The summed E-state index contributed by atoms with van der Waals surface area (Å²) in [5.41, 5.74) is 1.88. The van der Waals surface area contributed by atoms with Crippen LogP contribution < -0.4 is 20.1 Å². The first kappa shape index (κ1) is 41.2. The number of ether oxygens (including phenoxy) is 6. The highest BCUT2D eigenvalue weighted by Gasteiger charge is 2.41. The van der Waals surface area contributed by atoms with E-state index in [-0.39, 0.29) is 36.9 Å². The summed E-state index contributed by atoms with van der Waals surface area (Å²) in [7, 11) is 2.53. The fourth-order valence-corrected chi connectivity index (χ4v) is 7.42. The van der Waals surface area contributed by atoms with E-state index in [4.69, 9.17) is 33.4 Å². The molecule has 2 saturated heterocycles. The second kappa shape index (κ2) is 17.5. The van der Waals surface area contributed by atoms with Gasteiger partial charge in [0, 0.05) is 30.8 Å². The number of aldehydes is 1. The molecule has 2 fully saturated rings. The monoisotopic (exact) mass is 814 g/mol. The van der Waals surface area contributed by atoms with Gasteiger partial charge in [-0.15, -0.1) is 0 Å². The van der Waals surface area contributed by atoms with Crippen molar-refractivity contribution < 1.29 is 47.6 Å². The Hall–Kier alpha value is -5.98. The van der Waals surface area contributed by atoms with Gasteiger partial charge in [-0.25, -0.2) is 19.6 Å². The zero-order valence-corrected chi connectivity index (χ0v) is 33.9. The molecule has 18 heteroatoms. The third-order valence-corrected chi connectivity index (χ3v) is 11.0. The Kier molecular flexibility index (Phi) is 12.2. The number of hydrogen-bond donors (Lipinski definition) is 4. The lowest BCUT2D eigenvalue weighted by Crippen LogP contribution is -2.61. The number of methoxy groups -OCH3 is 2. The molecule has 0 radical (unpaired) electrons. The number of nitrogens with zero attached hydrogens (tertiary/aromatic N) is 4. The van der Waals surface area contributed by atoms with Crippen molar-refractivity contribution in [3.8, 4) is 45.5 Å². The number of aromatic nitrogens is 4. The van der Waals surface area contributed by atoms with Crippen LogP contribution in [0.25, 0.3) is 22.5 Å². The molecule has 59 heavy (non-hydrogen) atoms. The molecular weight excluding hydrogens is 764 g/mol. The number of H-pyrrole nitrogens is 2. The van der Waals surface area contributed by atoms with Crippen LogP contribution in [-0.4, -0.2) is 126 Å². The number of fused-ring (bicyclic) bond motifs is 2. The lowest BCUT2D eigenvalue weighted by atomic mass is 9.86. The molecule has 18 nitrogen and oxygen atoms in total. The van der Waals surface area contributed by atoms with E-state index in [1.54, 1.807) is 17.3 Å². The Morgan fingerprint density at radius 3 is 1.93 bits per heavy atom. The average molecular weight is 815 g/mol. The molecule has 3 aliphatic rings. The minimum atomic E-state index is -1.18. The lowest BCUT2D eigenvalue weighted by molar-refractivity contribution is -0.143. The number of alkyl carbamates (subject to hydrolysis) is 2. The molecule has 0 saturated carbocycles. The van der Waals surface area contributed by atoms with Gasteiger partial charge in [0.05, 0.1) is 70.5 Å². The molecule has 4 atom stereocenters. The molecule has 0 bridgehead atoms. The second-order valence-corrected chi connectivity index (χ2v) is 15.4. The van der Waals surface area contributed by atoms with Crippen LogP contribution in [0, 0.1) is 11.8 Å². The summed E-state index contributed by atoms with van der Waals surface area (Å²) in [6.45, 7) is 10.0. The number of carbonyl (C=O) groups is 4. The van der Waals surface area contributed by atoms with E-state index in [1.165, 1.54) is 14.2 Å². The number of hydrogen-bond acceptors (Lipinski definition) is 13. The van der Waals surface area contributed by atoms with Crippen molar-refractivity contribution in [2.24, 2.45) is 11.8 Å². The van der Waals surface area contributed by atoms with Gasteiger partial charge in [-0.2, -0.15) is 0 Å². The van der Waals surface area contributed by atoms with E-state index in [9.17, 15) is 19.2 Å². The number of carbonyl (C=O) groups excluding carboxylic acids is 4. The molecule has 7 rings (SSSR count). The summed E-state index contributed by atoms with van der Waals surface area (Å²) >= 11 is 0. The fraction of sp³-hybridized carbons (Fsp3) is 0.463. The van der Waals surface area contributed by atoms with Crippen molar-refractivity contribution in [3.05, 3.63) is 60.4 Å². The van der Waals surface area contributed by atoms with Crippen LogP contribution >= 0.6 is 0 Å². The predicted octanol–water partition coefficient (Wildman–Crippen LogP) is 4.97. The van der Waals surface area contributed by atoms with Crippen LogP contribution in [0.3, 0.4) is 0 Å². The summed E-state index contributed by atoms with van der Waals surface area (Å²) in [6, 6.07) is 9.61. The molecule has 0 spiro atoms. The van der Waals surface area contributed by atoms with Gasteiger partial charge in [-0.3, -0.25) is 9.69 Å². The highest BCUT2D eigenvalue weighted by Crippen LogP contribution is 2.47. The third kappa shape index (κ3) is 8.60. The quantitative estimate of drug-likeness (QED) is 0.123. The molecule has 0 aliphatic carbocycles.